The minimum atomic E-state index is -4.23. The SMILES string of the molecule is CCCNc1ncnc(NC(C)CC(F)(F)F)c1OC. The second kappa shape index (κ2) is 7.16. The predicted octanol–water partition coefficient (Wildman–Crippen LogP) is 3.06. The van der Waals surface area contributed by atoms with Crippen molar-refractivity contribution in [2.45, 2.75) is 38.9 Å². The number of rotatable bonds is 7. The molecule has 5 nitrogen and oxygen atoms in total. The Morgan fingerprint density at radius 3 is 2.50 bits per heavy atom. The molecule has 0 aliphatic carbocycles. The van der Waals surface area contributed by atoms with Gasteiger partial charge in [-0.3, -0.25) is 0 Å². The van der Waals surface area contributed by atoms with E-state index < -0.39 is 18.6 Å². The van der Waals surface area contributed by atoms with E-state index in [2.05, 4.69) is 20.6 Å². The molecule has 0 amide bonds. The lowest BCUT2D eigenvalue weighted by atomic mass is 10.2. The molecule has 0 bridgehead atoms. The fourth-order valence-corrected chi connectivity index (χ4v) is 1.67. The second-order valence-corrected chi connectivity index (χ2v) is 4.40. The van der Waals surface area contributed by atoms with E-state index in [0.29, 0.717) is 18.1 Å². The molecule has 0 aliphatic rings. The molecule has 0 saturated carbocycles. The first-order valence-corrected chi connectivity index (χ1v) is 6.33. The predicted molar refractivity (Wildman–Crippen MR) is 71.1 cm³/mol. The second-order valence-electron chi connectivity index (χ2n) is 4.40. The molecule has 0 radical (unpaired) electrons. The fourth-order valence-electron chi connectivity index (χ4n) is 1.67. The third-order valence-electron chi connectivity index (χ3n) is 2.47. The van der Waals surface area contributed by atoms with Crippen LogP contribution in [0, 0.1) is 0 Å². The summed E-state index contributed by atoms with van der Waals surface area (Å²) in [4.78, 5) is 7.95. The van der Waals surface area contributed by atoms with Gasteiger partial charge in [0.2, 0.25) is 5.75 Å². The topological polar surface area (TPSA) is 59.1 Å². The highest BCUT2D eigenvalue weighted by Crippen LogP contribution is 2.31. The molecule has 0 aliphatic heterocycles. The third-order valence-corrected chi connectivity index (χ3v) is 2.47. The maximum absolute atomic E-state index is 12.3. The zero-order valence-corrected chi connectivity index (χ0v) is 11.7. The van der Waals surface area contributed by atoms with E-state index in [1.165, 1.54) is 20.4 Å². The highest BCUT2D eigenvalue weighted by atomic mass is 19.4. The van der Waals surface area contributed by atoms with Gasteiger partial charge in [-0.25, -0.2) is 9.97 Å². The number of nitrogens with one attached hydrogen (secondary N) is 2. The first kappa shape index (κ1) is 16.3. The van der Waals surface area contributed by atoms with Gasteiger partial charge in [-0.1, -0.05) is 6.92 Å². The molecule has 8 heteroatoms. The summed E-state index contributed by atoms with van der Waals surface area (Å²) in [5.41, 5.74) is 0. The number of anilines is 2. The Kier molecular flexibility index (Phi) is 5.84. The monoisotopic (exact) mass is 292 g/mol. The Morgan fingerprint density at radius 2 is 1.95 bits per heavy atom. The molecule has 1 atom stereocenters. The van der Waals surface area contributed by atoms with Crippen molar-refractivity contribution in [2.24, 2.45) is 0 Å². The molecule has 0 fully saturated rings. The summed E-state index contributed by atoms with van der Waals surface area (Å²) in [5, 5.41) is 5.74. The lowest BCUT2D eigenvalue weighted by Gasteiger charge is -2.19. The van der Waals surface area contributed by atoms with Crippen molar-refractivity contribution in [1.29, 1.82) is 0 Å². The largest absolute Gasteiger partial charge is 0.490 e. The van der Waals surface area contributed by atoms with Gasteiger partial charge in [0.05, 0.1) is 13.5 Å². The van der Waals surface area contributed by atoms with Crippen molar-refractivity contribution in [2.75, 3.05) is 24.3 Å². The Morgan fingerprint density at radius 1 is 1.30 bits per heavy atom. The molecule has 1 aromatic rings. The van der Waals surface area contributed by atoms with Crippen molar-refractivity contribution < 1.29 is 17.9 Å². The van der Waals surface area contributed by atoms with Gasteiger partial charge in [0.15, 0.2) is 11.6 Å². The van der Waals surface area contributed by atoms with E-state index in [1.54, 1.807) is 0 Å². The van der Waals surface area contributed by atoms with Crippen molar-refractivity contribution in [3.63, 3.8) is 0 Å². The lowest BCUT2D eigenvalue weighted by molar-refractivity contribution is -0.136. The van der Waals surface area contributed by atoms with E-state index in [-0.39, 0.29) is 5.82 Å². The van der Waals surface area contributed by atoms with Crippen LogP contribution in [0.4, 0.5) is 24.8 Å². The van der Waals surface area contributed by atoms with Crippen LogP contribution < -0.4 is 15.4 Å². The first-order valence-electron chi connectivity index (χ1n) is 6.33. The Bertz CT molecular complexity index is 426. The van der Waals surface area contributed by atoms with E-state index in [9.17, 15) is 13.2 Å². The summed E-state index contributed by atoms with van der Waals surface area (Å²) in [6.45, 7) is 4.12. The minimum absolute atomic E-state index is 0.248. The first-order chi connectivity index (χ1) is 9.37. The molecule has 20 heavy (non-hydrogen) atoms. The fraction of sp³-hybridized carbons (Fsp3) is 0.667. The highest BCUT2D eigenvalue weighted by Gasteiger charge is 2.30. The van der Waals surface area contributed by atoms with Gasteiger partial charge in [0, 0.05) is 12.6 Å². The van der Waals surface area contributed by atoms with E-state index in [0.717, 1.165) is 6.42 Å². The van der Waals surface area contributed by atoms with Gasteiger partial charge in [0.25, 0.3) is 0 Å². The van der Waals surface area contributed by atoms with Crippen molar-refractivity contribution >= 4 is 11.6 Å². The van der Waals surface area contributed by atoms with Gasteiger partial charge < -0.3 is 15.4 Å². The number of hydrogen-bond acceptors (Lipinski definition) is 5. The zero-order chi connectivity index (χ0) is 15.2. The van der Waals surface area contributed by atoms with Crippen LogP contribution in [-0.4, -0.2) is 35.8 Å². The Balaban J connectivity index is 2.83. The van der Waals surface area contributed by atoms with Gasteiger partial charge in [-0.2, -0.15) is 13.2 Å². The maximum Gasteiger partial charge on any atom is 0.391 e. The molecule has 1 heterocycles. The van der Waals surface area contributed by atoms with Crippen molar-refractivity contribution in [3.05, 3.63) is 6.33 Å². The summed E-state index contributed by atoms with van der Waals surface area (Å²) in [6, 6.07) is -0.808. The molecular formula is C12H19F3N4O. The van der Waals surface area contributed by atoms with Crippen LogP contribution in [0.3, 0.4) is 0 Å². The van der Waals surface area contributed by atoms with Crippen molar-refractivity contribution in [3.8, 4) is 5.75 Å². The van der Waals surface area contributed by atoms with Gasteiger partial charge in [-0.05, 0) is 13.3 Å². The third kappa shape index (κ3) is 5.10. The number of halogens is 3. The number of aromatic nitrogens is 2. The average Bonchev–Trinajstić information content (AvgIpc) is 2.34. The smallest absolute Gasteiger partial charge is 0.391 e. The molecule has 1 rings (SSSR count). The molecule has 1 aromatic heterocycles. The summed E-state index contributed by atoms with van der Waals surface area (Å²) in [7, 11) is 1.43. The molecule has 0 aromatic carbocycles. The van der Waals surface area contributed by atoms with Crippen LogP contribution in [0.5, 0.6) is 5.75 Å². The van der Waals surface area contributed by atoms with Gasteiger partial charge in [0.1, 0.15) is 6.33 Å². The molecule has 0 spiro atoms. The van der Waals surface area contributed by atoms with Crippen molar-refractivity contribution in [1.82, 2.24) is 9.97 Å². The van der Waals surface area contributed by atoms with E-state index in [4.69, 9.17) is 4.74 Å². The van der Waals surface area contributed by atoms with Crippen LogP contribution in [0.2, 0.25) is 0 Å². The van der Waals surface area contributed by atoms with Crippen LogP contribution >= 0.6 is 0 Å². The lowest BCUT2D eigenvalue weighted by Crippen LogP contribution is -2.24. The highest BCUT2D eigenvalue weighted by molar-refractivity contribution is 5.63. The molecule has 114 valence electrons. The normalized spacial score (nSPS) is 12.9. The number of nitrogens with zero attached hydrogens (tertiary/aromatic N) is 2. The van der Waals surface area contributed by atoms with Crippen LogP contribution in [0.15, 0.2) is 6.33 Å². The summed E-state index contributed by atoms with van der Waals surface area (Å²) in [6.07, 6.45) is -3.00. The molecule has 2 N–H and O–H groups in total. The summed E-state index contributed by atoms with van der Waals surface area (Å²) >= 11 is 0. The molecule has 1 unspecified atom stereocenters. The average molecular weight is 292 g/mol. The maximum atomic E-state index is 12.3. The molecular weight excluding hydrogens is 273 g/mol. The number of alkyl halides is 3. The summed E-state index contributed by atoms with van der Waals surface area (Å²) in [5.74, 6) is 1.03. The zero-order valence-electron chi connectivity index (χ0n) is 11.7. The van der Waals surface area contributed by atoms with Crippen LogP contribution in [0.1, 0.15) is 26.7 Å². The minimum Gasteiger partial charge on any atom is -0.490 e. The standard InChI is InChI=1S/C12H19F3N4O/c1-4-5-16-10-9(20-3)11(18-7-17-10)19-8(2)6-12(13,14)15/h7-8H,4-6H2,1-3H3,(H2,16,17,18,19). The van der Waals surface area contributed by atoms with Gasteiger partial charge >= 0.3 is 6.18 Å². The van der Waals surface area contributed by atoms with Crippen LogP contribution in [-0.2, 0) is 0 Å². The van der Waals surface area contributed by atoms with E-state index in [1.807, 2.05) is 6.92 Å². The Labute approximate surface area is 116 Å². The number of ether oxygens (including phenoxy) is 1. The summed E-state index contributed by atoms with van der Waals surface area (Å²) < 4.78 is 42.1. The number of hydrogen-bond donors (Lipinski definition) is 2. The number of methoxy groups -OCH3 is 1. The quantitative estimate of drug-likeness (QED) is 0.809. The van der Waals surface area contributed by atoms with E-state index >= 15 is 0 Å². The molecule has 0 saturated heterocycles. The Hall–Kier alpha value is -1.73. The van der Waals surface area contributed by atoms with Gasteiger partial charge in [-0.15, -0.1) is 0 Å². The van der Waals surface area contributed by atoms with Crippen LogP contribution in [0.25, 0.3) is 0 Å².